The first-order valence-electron chi connectivity index (χ1n) is 7.02. The summed E-state index contributed by atoms with van der Waals surface area (Å²) in [5.41, 5.74) is 6.44. The zero-order chi connectivity index (χ0) is 14.8. The van der Waals surface area contributed by atoms with Crippen LogP contribution in [-0.4, -0.2) is 34.7 Å². The van der Waals surface area contributed by atoms with Gasteiger partial charge in [-0.25, -0.2) is 4.79 Å². The first-order chi connectivity index (χ1) is 9.42. The van der Waals surface area contributed by atoms with Crippen molar-refractivity contribution in [2.24, 2.45) is 11.7 Å². The van der Waals surface area contributed by atoms with Gasteiger partial charge in [-0.3, -0.25) is 4.98 Å². The lowest BCUT2D eigenvalue weighted by molar-refractivity contribution is 0.0207. The molecule has 5 heteroatoms. The number of hydrogen-bond acceptors (Lipinski definition) is 4. The third-order valence-electron chi connectivity index (χ3n) is 3.50. The fourth-order valence-corrected chi connectivity index (χ4v) is 2.64. The van der Waals surface area contributed by atoms with Crippen molar-refractivity contribution in [3.05, 3.63) is 30.1 Å². The number of nitrogens with zero attached hydrogens (tertiary/aromatic N) is 2. The summed E-state index contributed by atoms with van der Waals surface area (Å²) in [7, 11) is 0. The van der Waals surface area contributed by atoms with Crippen molar-refractivity contribution in [1.82, 2.24) is 9.88 Å². The highest BCUT2D eigenvalue weighted by molar-refractivity contribution is 5.69. The van der Waals surface area contributed by atoms with Crippen LogP contribution in [0.15, 0.2) is 24.5 Å². The average Bonchev–Trinajstić information content (AvgIpc) is 2.81. The molecule has 2 heterocycles. The third kappa shape index (κ3) is 3.28. The molecule has 0 radical (unpaired) electrons. The van der Waals surface area contributed by atoms with Gasteiger partial charge in [-0.15, -0.1) is 0 Å². The van der Waals surface area contributed by atoms with E-state index in [4.69, 9.17) is 10.5 Å². The first kappa shape index (κ1) is 14.8. The van der Waals surface area contributed by atoms with Crippen LogP contribution in [0.4, 0.5) is 4.79 Å². The molecule has 1 fully saturated rings. The Hall–Kier alpha value is -1.62. The van der Waals surface area contributed by atoms with Crippen molar-refractivity contribution >= 4 is 6.09 Å². The summed E-state index contributed by atoms with van der Waals surface area (Å²) in [5, 5.41) is 0. The van der Waals surface area contributed by atoms with E-state index in [1.807, 2.05) is 32.9 Å². The molecule has 0 aromatic carbocycles. The second kappa shape index (κ2) is 5.79. The van der Waals surface area contributed by atoms with E-state index in [9.17, 15) is 4.79 Å². The van der Waals surface area contributed by atoms with Crippen molar-refractivity contribution in [3.63, 3.8) is 0 Å². The third-order valence-corrected chi connectivity index (χ3v) is 3.50. The summed E-state index contributed by atoms with van der Waals surface area (Å²) in [4.78, 5) is 18.2. The molecular weight excluding hydrogens is 254 g/mol. The molecule has 0 aliphatic carbocycles. The second-order valence-electron chi connectivity index (χ2n) is 6.18. The van der Waals surface area contributed by atoms with E-state index < -0.39 is 5.60 Å². The summed E-state index contributed by atoms with van der Waals surface area (Å²) in [5.74, 6) is 0.268. The van der Waals surface area contributed by atoms with Crippen LogP contribution in [0.1, 0.15) is 38.8 Å². The van der Waals surface area contributed by atoms with Crippen molar-refractivity contribution in [2.45, 2.75) is 38.8 Å². The number of hydrogen-bond donors (Lipinski definition) is 1. The van der Waals surface area contributed by atoms with Gasteiger partial charge in [0, 0.05) is 18.9 Å². The number of carbonyl (C=O) groups is 1. The van der Waals surface area contributed by atoms with E-state index in [0.29, 0.717) is 13.1 Å². The summed E-state index contributed by atoms with van der Waals surface area (Å²) in [6.07, 6.45) is 4.13. The second-order valence-corrected chi connectivity index (χ2v) is 6.18. The lowest BCUT2D eigenvalue weighted by atomic mass is 9.94. The van der Waals surface area contributed by atoms with E-state index in [1.54, 1.807) is 17.3 Å². The number of carbonyl (C=O) groups excluding carboxylic acids is 1. The number of aromatic nitrogens is 1. The molecule has 2 atom stereocenters. The molecule has 0 unspecified atom stereocenters. The zero-order valence-electron chi connectivity index (χ0n) is 12.4. The van der Waals surface area contributed by atoms with Crippen LogP contribution in [0.3, 0.4) is 0 Å². The topological polar surface area (TPSA) is 68.5 Å². The summed E-state index contributed by atoms with van der Waals surface area (Å²) >= 11 is 0. The van der Waals surface area contributed by atoms with Gasteiger partial charge in [-0.1, -0.05) is 0 Å². The molecule has 0 saturated carbocycles. The number of amides is 1. The number of ether oxygens (including phenoxy) is 1. The lowest BCUT2D eigenvalue weighted by Gasteiger charge is -2.30. The maximum absolute atomic E-state index is 12.4. The van der Waals surface area contributed by atoms with E-state index in [-0.39, 0.29) is 18.1 Å². The Labute approximate surface area is 120 Å². The minimum Gasteiger partial charge on any atom is -0.444 e. The van der Waals surface area contributed by atoms with Gasteiger partial charge in [0.15, 0.2) is 0 Å². The molecule has 1 saturated heterocycles. The molecule has 0 spiro atoms. The number of nitrogens with two attached hydrogens (primary N) is 1. The number of likely N-dealkylation sites (tertiary alicyclic amines) is 1. The van der Waals surface area contributed by atoms with Crippen LogP contribution < -0.4 is 5.73 Å². The van der Waals surface area contributed by atoms with E-state index in [0.717, 1.165) is 12.0 Å². The van der Waals surface area contributed by atoms with Gasteiger partial charge in [0.25, 0.3) is 0 Å². The molecule has 1 aromatic heterocycles. The van der Waals surface area contributed by atoms with Crippen LogP contribution in [0.25, 0.3) is 0 Å². The van der Waals surface area contributed by atoms with E-state index in [2.05, 4.69) is 4.98 Å². The Morgan fingerprint density at radius 2 is 2.10 bits per heavy atom. The van der Waals surface area contributed by atoms with Crippen molar-refractivity contribution in [2.75, 3.05) is 13.1 Å². The molecule has 2 rings (SSSR count). The monoisotopic (exact) mass is 277 g/mol. The minimum atomic E-state index is -0.485. The Morgan fingerprint density at radius 1 is 1.45 bits per heavy atom. The number of pyridine rings is 1. The van der Waals surface area contributed by atoms with Gasteiger partial charge >= 0.3 is 6.09 Å². The number of rotatable bonds is 2. The van der Waals surface area contributed by atoms with Crippen LogP contribution in [0.5, 0.6) is 0 Å². The Kier molecular flexibility index (Phi) is 4.28. The standard InChI is InChI=1S/C15H23N3O2/c1-15(2,3)20-14(19)18-9-6-12(10-16)13(18)11-4-7-17-8-5-11/h4-5,7-8,12-13H,6,9-10,16H2,1-3H3/t12-,13-/m0/s1. The Balaban J connectivity index is 2.22. The molecule has 0 bridgehead atoms. The molecule has 20 heavy (non-hydrogen) atoms. The lowest BCUT2D eigenvalue weighted by Crippen LogP contribution is -2.38. The van der Waals surface area contributed by atoms with Gasteiger partial charge in [0.2, 0.25) is 0 Å². The minimum absolute atomic E-state index is 0.0159. The highest BCUT2D eigenvalue weighted by Crippen LogP contribution is 2.37. The van der Waals surface area contributed by atoms with Crippen LogP contribution in [0, 0.1) is 5.92 Å². The van der Waals surface area contributed by atoms with Crippen molar-refractivity contribution in [3.8, 4) is 0 Å². The van der Waals surface area contributed by atoms with Crippen molar-refractivity contribution in [1.29, 1.82) is 0 Å². The van der Waals surface area contributed by atoms with Crippen molar-refractivity contribution < 1.29 is 9.53 Å². The first-order valence-corrected chi connectivity index (χ1v) is 7.02. The highest BCUT2D eigenvalue weighted by Gasteiger charge is 2.39. The van der Waals surface area contributed by atoms with Gasteiger partial charge < -0.3 is 15.4 Å². The van der Waals surface area contributed by atoms with Gasteiger partial charge in [-0.05, 0) is 57.4 Å². The fourth-order valence-electron chi connectivity index (χ4n) is 2.64. The smallest absolute Gasteiger partial charge is 0.410 e. The average molecular weight is 277 g/mol. The summed E-state index contributed by atoms with van der Waals surface area (Å²) in [6, 6.07) is 3.87. The molecule has 1 aliphatic heterocycles. The van der Waals surface area contributed by atoms with E-state index in [1.165, 1.54) is 0 Å². The quantitative estimate of drug-likeness (QED) is 0.901. The SMILES string of the molecule is CC(C)(C)OC(=O)N1CC[C@@H](CN)[C@@H]1c1ccncc1. The maximum atomic E-state index is 12.4. The maximum Gasteiger partial charge on any atom is 0.410 e. The molecule has 1 aromatic rings. The molecule has 5 nitrogen and oxygen atoms in total. The molecule has 1 aliphatic rings. The van der Waals surface area contributed by atoms with Gasteiger partial charge in [-0.2, -0.15) is 0 Å². The largest absolute Gasteiger partial charge is 0.444 e. The Morgan fingerprint density at radius 3 is 2.65 bits per heavy atom. The summed E-state index contributed by atoms with van der Waals surface area (Å²) in [6.45, 7) is 6.88. The fraction of sp³-hybridized carbons (Fsp3) is 0.600. The normalized spacial score (nSPS) is 22.9. The highest BCUT2D eigenvalue weighted by atomic mass is 16.6. The van der Waals surface area contributed by atoms with Crippen LogP contribution in [0.2, 0.25) is 0 Å². The zero-order valence-corrected chi connectivity index (χ0v) is 12.4. The molecule has 2 N–H and O–H groups in total. The predicted octanol–water partition coefficient (Wildman–Crippen LogP) is 2.34. The van der Waals surface area contributed by atoms with Gasteiger partial charge in [0.05, 0.1) is 6.04 Å². The van der Waals surface area contributed by atoms with Gasteiger partial charge in [0.1, 0.15) is 5.60 Å². The Bertz CT molecular complexity index is 456. The van der Waals surface area contributed by atoms with E-state index >= 15 is 0 Å². The van der Waals surface area contributed by atoms with Crippen LogP contribution in [-0.2, 0) is 4.74 Å². The molecular formula is C15H23N3O2. The molecule has 110 valence electrons. The predicted molar refractivity (Wildman–Crippen MR) is 77.1 cm³/mol. The molecule has 1 amide bonds. The van der Waals surface area contributed by atoms with Crippen LogP contribution >= 0.6 is 0 Å². The summed E-state index contributed by atoms with van der Waals surface area (Å²) < 4.78 is 5.50.